The van der Waals surface area contributed by atoms with E-state index in [1.165, 1.54) is 0 Å². The van der Waals surface area contributed by atoms with Gasteiger partial charge in [-0.05, 0) is 38.0 Å². The molecule has 1 aliphatic heterocycles. The molecule has 0 saturated carbocycles. The molecular weight excluding hydrogens is 442 g/mol. The summed E-state index contributed by atoms with van der Waals surface area (Å²) in [5.41, 5.74) is 4.59. The van der Waals surface area contributed by atoms with Gasteiger partial charge in [0.05, 0.1) is 35.8 Å². The molecule has 0 spiro atoms. The molecule has 5 aromatic rings. The highest BCUT2D eigenvalue weighted by atomic mass is 16.5. The van der Waals surface area contributed by atoms with Crippen LogP contribution in [0.25, 0.3) is 27.8 Å². The number of nitrogens with one attached hydrogen (secondary N) is 2. The number of methoxy groups -OCH3 is 1. The highest BCUT2D eigenvalue weighted by Gasteiger charge is 2.29. The van der Waals surface area contributed by atoms with Gasteiger partial charge in [-0.25, -0.2) is 9.97 Å². The fourth-order valence-electron chi connectivity index (χ4n) is 4.83. The molecule has 1 fully saturated rings. The molecule has 35 heavy (non-hydrogen) atoms. The quantitative estimate of drug-likeness (QED) is 0.351. The maximum atomic E-state index is 10.5. The summed E-state index contributed by atoms with van der Waals surface area (Å²) in [6, 6.07) is 12.1. The van der Waals surface area contributed by atoms with Gasteiger partial charge in [-0.1, -0.05) is 12.1 Å². The number of rotatable bonds is 5. The normalized spacial score (nSPS) is 18.3. The molecule has 9 heteroatoms. The molecule has 6 rings (SSSR count). The zero-order chi connectivity index (χ0) is 24.0. The van der Waals surface area contributed by atoms with Crippen LogP contribution in [0.4, 0.5) is 17.2 Å². The molecule has 2 aromatic carbocycles. The van der Waals surface area contributed by atoms with Crippen LogP contribution in [0, 0.1) is 0 Å². The number of benzene rings is 2. The Labute approximate surface area is 202 Å². The Morgan fingerprint density at radius 3 is 2.97 bits per heavy atom. The van der Waals surface area contributed by atoms with E-state index in [1.54, 1.807) is 19.5 Å². The van der Waals surface area contributed by atoms with E-state index in [4.69, 9.17) is 9.72 Å². The molecule has 0 radical (unpaired) electrons. The Morgan fingerprint density at radius 2 is 2.11 bits per heavy atom. The van der Waals surface area contributed by atoms with E-state index in [-0.39, 0.29) is 0 Å². The smallest absolute Gasteiger partial charge is 0.180 e. The van der Waals surface area contributed by atoms with Crippen molar-refractivity contribution in [1.82, 2.24) is 24.6 Å². The Bertz CT molecular complexity index is 1520. The maximum Gasteiger partial charge on any atom is 0.180 e. The van der Waals surface area contributed by atoms with Gasteiger partial charge >= 0.3 is 0 Å². The van der Waals surface area contributed by atoms with Crippen LogP contribution in [0.15, 0.2) is 61.2 Å². The van der Waals surface area contributed by atoms with Gasteiger partial charge in [0, 0.05) is 54.4 Å². The summed E-state index contributed by atoms with van der Waals surface area (Å²) in [4.78, 5) is 11.6. The number of β-amino-alcohol motifs (C(OH)–C–C–N with tert-alkyl or cyclic N) is 1. The number of hydrogen-bond acceptors (Lipinski definition) is 7. The molecule has 1 unspecified atom stereocenters. The number of hydrogen-bond donors (Lipinski definition) is 3. The fraction of sp³-hybridized carbons (Fsp3) is 0.269. The highest BCUT2D eigenvalue weighted by Crippen LogP contribution is 2.36. The van der Waals surface area contributed by atoms with Crippen molar-refractivity contribution in [2.75, 3.05) is 30.4 Å². The third kappa shape index (κ3) is 4.04. The topological polar surface area (TPSA) is 104 Å². The second-order valence-electron chi connectivity index (χ2n) is 9.34. The summed E-state index contributed by atoms with van der Waals surface area (Å²) in [5, 5.41) is 22.2. The van der Waals surface area contributed by atoms with Gasteiger partial charge in [-0.2, -0.15) is 5.10 Å². The number of piperidine rings is 1. The van der Waals surface area contributed by atoms with Crippen LogP contribution >= 0.6 is 0 Å². The van der Waals surface area contributed by atoms with Crippen molar-refractivity contribution in [3.8, 4) is 17.0 Å². The Balaban J connectivity index is 1.35. The summed E-state index contributed by atoms with van der Waals surface area (Å²) in [5.74, 6) is 1.39. The van der Waals surface area contributed by atoms with Crippen molar-refractivity contribution in [3.05, 3.63) is 61.2 Å². The molecule has 1 atom stereocenters. The van der Waals surface area contributed by atoms with Crippen molar-refractivity contribution in [2.24, 2.45) is 0 Å². The molecule has 0 bridgehead atoms. The standard InChI is InChI=1S/C26H27N7O2/c1-26(34)8-3-10-33(16-26)22-7-6-19(13-23(22)35-2)29-24-25-27-9-11-32(25)15-21(30-24)17-4-5-18-14-28-31-20(18)12-17/h4-7,9,11-15,34H,3,8,10,16H2,1-2H3,(H,28,31)(H,29,30). The third-order valence-corrected chi connectivity index (χ3v) is 6.57. The first-order valence-electron chi connectivity index (χ1n) is 11.7. The minimum absolute atomic E-state index is 0.578. The molecule has 1 aliphatic rings. The lowest BCUT2D eigenvalue weighted by Crippen LogP contribution is -2.46. The summed E-state index contributed by atoms with van der Waals surface area (Å²) < 4.78 is 7.69. The van der Waals surface area contributed by atoms with E-state index in [1.807, 2.05) is 60.1 Å². The Morgan fingerprint density at radius 1 is 1.20 bits per heavy atom. The summed E-state index contributed by atoms with van der Waals surface area (Å²) in [6.07, 6.45) is 9.19. The van der Waals surface area contributed by atoms with Gasteiger partial charge < -0.3 is 24.5 Å². The lowest BCUT2D eigenvalue weighted by Gasteiger charge is -2.38. The number of aliphatic hydroxyl groups is 1. The Hall–Kier alpha value is -4.11. The van der Waals surface area contributed by atoms with Gasteiger partial charge in [0.25, 0.3) is 0 Å². The van der Waals surface area contributed by atoms with E-state index < -0.39 is 5.60 Å². The summed E-state index contributed by atoms with van der Waals surface area (Å²) in [6.45, 7) is 3.35. The average Bonchev–Trinajstić information content (AvgIpc) is 3.52. The van der Waals surface area contributed by atoms with Crippen LogP contribution in [-0.4, -0.2) is 55.5 Å². The molecule has 0 amide bonds. The van der Waals surface area contributed by atoms with Gasteiger partial charge in [0.2, 0.25) is 0 Å². The number of fused-ring (bicyclic) bond motifs is 2. The number of H-pyrrole nitrogens is 1. The lowest BCUT2D eigenvalue weighted by molar-refractivity contribution is 0.0448. The van der Waals surface area contributed by atoms with Crippen LogP contribution in [0.2, 0.25) is 0 Å². The molecule has 1 saturated heterocycles. The number of imidazole rings is 1. The van der Waals surface area contributed by atoms with Crippen molar-refractivity contribution in [1.29, 1.82) is 0 Å². The predicted molar refractivity (Wildman–Crippen MR) is 136 cm³/mol. The summed E-state index contributed by atoms with van der Waals surface area (Å²) in [7, 11) is 1.67. The lowest BCUT2D eigenvalue weighted by atomic mass is 9.94. The van der Waals surface area contributed by atoms with Crippen LogP contribution in [-0.2, 0) is 0 Å². The number of anilines is 3. The second kappa shape index (κ2) is 8.28. The Kier molecular flexibility index (Phi) is 5.07. The van der Waals surface area contributed by atoms with Crippen molar-refractivity contribution in [3.63, 3.8) is 0 Å². The largest absolute Gasteiger partial charge is 0.495 e. The van der Waals surface area contributed by atoms with Crippen molar-refractivity contribution >= 4 is 33.7 Å². The zero-order valence-corrected chi connectivity index (χ0v) is 19.7. The van der Waals surface area contributed by atoms with Crippen LogP contribution in [0.3, 0.4) is 0 Å². The van der Waals surface area contributed by atoms with Crippen LogP contribution < -0.4 is 15.0 Å². The molecular formula is C26H27N7O2. The van der Waals surface area contributed by atoms with Crippen molar-refractivity contribution in [2.45, 2.75) is 25.4 Å². The van der Waals surface area contributed by atoms with Gasteiger partial charge in [0.1, 0.15) is 5.75 Å². The fourth-order valence-corrected chi connectivity index (χ4v) is 4.83. The van der Waals surface area contributed by atoms with Gasteiger partial charge in [0.15, 0.2) is 11.5 Å². The van der Waals surface area contributed by atoms with E-state index in [2.05, 4.69) is 25.4 Å². The number of aromatic amines is 1. The minimum atomic E-state index is -0.698. The van der Waals surface area contributed by atoms with Gasteiger partial charge in [-0.15, -0.1) is 0 Å². The second-order valence-corrected chi connectivity index (χ2v) is 9.34. The molecule has 3 aromatic heterocycles. The predicted octanol–water partition coefficient (Wildman–Crippen LogP) is 4.38. The first-order valence-corrected chi connectivity index (χ1v) is 11.7. The summed E-state index contributed by atoms with van der Waals surface area (Å²) >= 11 is 0. The molecule has 3 N–H and O–H groups in total. The van der Waals surface area contributed by atoms with Crippen LogP contribution in [0.5, 0.6) is 5.75 Å². The van der Waals surface area contributed by atoms with E-state index in [0.717, 1.165) is 64.3 Å². The first kappa shape index (κ1) is 21.4. The number of aromatic nitrogens is 5. The molecule has 178 valence electrons. The molecule has 9 nitrogen and oxygen atoms in total. The zero-order valence-electron chi connectivity index (χ0n) is 19.7. The minimum Gasteiger partial charge on any atom is -0.495 e. The highest BCUT2D eigenvalue weighted by molar-refractivity contribution is 5.84. The monoisotopic (exact) mass is 469 g/mol. The third-order valence-electron chi connectivity index (χ3n) is 6.57. The first-order chi connectivity index (χ1) is 17.0. The van der Waals surface area contributed by atoms with E-state index in [9.17, 15) is 5.11 Å². The van der Waals surface area contributed by atoms with Crippen molar-refractivity contribution < 1.29 is 9.84 Å². The van der Waals surface area contributed by atoms with Crippen LogP contribution in [0.1, 0.15) is 19.8 Å². The number of ether oxygens (including phenoxy) is 1. The van der Waals surface area contributed by atoms with E-state index in [0.29, 0.717) is 12.4 Å². The maximum absolute atomic E-state index is 10.5. The molecule has 4 heterocycles. The molecule has 0 aliphatic carbocycles. The SMILES string of the molecule is COc1cc(Nc2nc(-c3ccc4cn[nH]c4c3)cn3ccnc23)ccc1N1CCCC(C)(O)C1. The number of nitrogens with zero attached hydrogens (tertiary/aromatic N) is 5. The average molecular weight is 470 g/mol. The van der Waals surface area contributed by atoms with Gasteiger partial charge in [-0.3, -0.25) is 5.10 Å². The van der Waals surface area contributed by atoms with E-state index >= 15 is 0 Å².